The molecule has 0 aliphatic heterocycles. The van der Waals surface area contributed by atoms with E-state index in [1.807, 2.05) is 19.1 Å². The van der Waals surface area contributed by atoms with Gasteiger partial charge in [-0.15, -0.1) is 0 Å². The number of aromatic nitrogens is 2. The van der Waals surface area contributed by atoms with Crippen LogP contribution in [-0.4, -0.2) is 28.1 Å². The van der Waals surface area contributed by atoms with Gasteiger partial charge < -0.3 is 4.74 Å². The summed E-state index contributed by atoms with van der Waals surface area (Å²) in [6.07, 6.45) is 0.789. The normalized spacial score (nSPS) is 10.7. The number of carbonyl (C=O) groups is 2. The predicted octanol–water partition coefficient (Wildman–Crippen LogP) is 2.34. The summed E-state index contributed by atoms with van der Waals surface area (Å²) in [5.41, 5.74) is 5.97. The number of ether oxygens (including phenoxy) is 1. The van der Waals surface area contributed by atoms with Crippen molar-refractivity contribution in [1.29, 1.82) is 0 Å². The third-order valence-electron chi connectivity index (χ3n) is 4.40. The first-order chi connectivity index (χ1) is 14.0. The van der Waals surface area contributed by atoms with Crippen molar-refractivity contribution in [1.82, 2.24) is 20.0 Å². The first-order valence-corrected chi connectivity index (χ1v) is 9.44. The molecule has 1 aromatic heterocycles. The summed E-state index contributed by atoms with van der Waals surface area (Å²) < 4.78 is 8.15. The molecule has 0 aliphatic rings. The van der Waals surface area contributed by atoms with Gasteiger partial charge in [-0.2, -0.15) is 0 Å². The van der Waals surface area contributed by atoms with Gasteiger partial charge in [-0.05, 0) is 36.8 Å². The minimum Gasteiger partial charge on any atom is -0.496 e. The molecule has 9 heteroatoms. The van der Waals surface area contributed by atoms with Crippen molar-refractivity contribution < 1.29 is 14.3 Å². The van der Waals surface area contributed by atoms with E-state index in [0.717, 1.165) is 11.9 Å². The predicted molar refractivity (Wildman–Crippen MR) is 110 cm³/mol. The van der Waals surface area contributed by atoms with Gasteiger partial charge in [0.25, 0.3) is 11.8 Å². The van der Waals surface area contributed by atoms with Gasteiger partial charge in [-0.3, -0.25) is 29.6 Å². The van der Waals surface area contributed by atoms with Crippen LogP contribution >= 0.6 is 11.6 Å². The second-order valence-corrected chi connectivity index (χ2v) is 6.79. The lowest BCUT2D eigenvalue weighted by atomic mass is 10.2. The number of rotatable bonds is 6. The molecule has 152 valence electrons. The number of hydrogen-bond acceptors (Lipinski definition) is 4. The number of fused-ring (bicyclic) bond motifs is 1. The minimum absolute atomic E-state index is 0.178. The Hall–Kier alpha value is -3.26. The Morgan fingerprint density at radius 2 is 1.76 bits per heavy atom. The fraction of sp³-hybridized carbons (Fsp3) is 0.250. The van der Waals surface area contributed by atoms with Crippen LogP contribution in [-0.2, 0) is 17.9 Å². The van der Waals surface area contributed by atoms with E-state index in [4.69, 9.17) is 16.3 Å². The fourth-order valence-electron chi connectivity index (χ4n) is 3.10. The number of para-hydroxylation sites is 2. The van der Waals surface area contributed by atoms with E-state index >= 15 is 0 Å². The first-order valence-electron chi connectivity index (χ1n) is 9.07. The minimum atomic E-state index is -0.585. The highest BCUT2D eigenvalue weighted by molar-refractivity contribution is 6.31. The molecule has 0 saturated carbocycles. The van der Waals surface area contributed by atoms with Crippen molar-refractivity contribution in [3.05, 3.63) is 63.5 Å². The summed E-state index contributed by atoms with van der Waals surface area (Å²) in [5, 5.41) is 0.359. The van der Waals surface area contributed by atoms with Crippen LogP contribution in [0.25, 0.3) is 11.0 Å². The molecule has 3 rings (SSSR count). The Labute approximate surface area is 172 Å². The molecule has 2 N–H and O–H groups in total. The van der Waals surface area contributed by atoms with Gasteiger partial charge in [-0.1, -0.05) is 30.7 Å². The summed E-state index contributed by atoms with van der Waals surface area (Å²) in [6.45, 7) is 2.30. The molecule has 0 aliphatic carbocycles. The van der Waals surface area contributed by atoms with Gasteiger partial charge in [0, 0.05) is 11.6 Å². The zero-order chi connectivity index (χ0) is 21.0. The molecule has 0 fully saturated rings. The third-order valence-corrected chi connectivity index (χ3v) is 4.63. The molecule has 0 radical (unpaired) electrons. The van der Waals surface area contributed by atoms with Gasteiger partial charge in [0.05, 0.1) is 23.7 Å². The highest BCUT2D eigenvalue weighted by Crippen LogP contribution is 2.22. The molecule has 0 atom stereocenters. The third kappa shape index (κ3) is 4.27. The number of benzene rings is 2. The van der Waals surface area contributed by atoms with E-state index < -0.39 is 11.8 Å². The Morgan fingerprint density at radius 1 is 1.07 bits per heavy atom. The van der Waals surface area contributed by atoms with E-state index in [1.165, 1.54) is 17.7 Å². The lowest BCUT2D eigenvalue weighted by Crippen LogP contribution is -2.44. The molecule has 29 heavy (non-hydrogen) atoms. The molecular weight excluding hydrogens is 396 g/mol. The number of halogens is 1. The number of hydrogen-bond donors (Lipinski definition) is 2. The molecule has 0 unspecified atom stereocenters. The Kier molecular flexibility index (Phi) is 6.23. The standard InChI is InChI=1S/C20H21ClN4O4/c1-3-10-24-15-6-4-5-7-16(15)25(20(24)28)12-18(26)22-23-19(27)14-11-13(21)8-9-17(14)29-2/h4-9,11H,3,10,12H2,1-2H3,(H,22,26)(H,23,27). The largest absolute Gasteiger partial charge is 0.496 e. The van der Waals surface area contributed by atoms with E-state index in [2.05, 4.69) is 10.9 Å². The number of nitrogens with one attached hydrogen (secondary N) is 2. The SMILES string of the molecule is CCCn1c(=O)n(CC(=O)NNC(=O)c2cc(Cl)ccc2OC)c2ccccc21. The van der Waals surface area contributed by atoms with Gasteiger partial charge in [-0.25, -0.2) is 4.79 Å². The molecule has 3 aromatic rings. The van der Waals surface area contributed by atoms with E-state index in [0.29, 0.717) is 22.8 Å². The molecule has 0 bridgehead atoms. The number of hydrazine groups is 1. The van der Waals surface area contributed by atoms with Gasteiger partial charge in [0.15, 0.2) is 0 Å². The summed E-state index contributed by atoms with van der Waals surface area (Å²) in [4.78, 5) is 37.5. The van der Waals surface area contributed by atoms with Crippen molar-refractivity contribution in [2.45, 2.75) is 26.4 Å². The topological polar surface area (TPSA) is 94.4 Å². The zero-order valence-corrected chi connectivity index (χ0v) is 16.8. The van der Waals surface area contributed by atoms with Gasteiger partial charge >= 0.3 is 5.69 Å². The van der Waals surface area contributed by atoms with Crippen LogP contribution in [0.15, 0.2) is 47.3 Å². The number of nitrogens with zero attached hydrogens (tertiary/aromatic N) is 2. The number of aryl methyl sites for hydroxylation is 1. The Balaban J connectivity index is 1.75. The number of amides is 2. The summed E-state index contributed by atoms with van der Waals surface area (Å²) in [7, 11) is 1.43. The molecule has 2 aromatic carbocycles. The lowest BCUT2D eigenvalue weighted by Gasteiger charge is -2.11. The average Bonchev–Trinajstić information content (AvgIpc) is 2.98. The first kappa shape index (κ1) is 20.5. The van der Waals surface area contributed by atoms with Crippen molar-refractivity contribution in [3.8, 4) is 5.75 Å². The summed E-state index contributed by atoms with van der Waals surface area (Å²) in [5.74, 6) is -0.806. The maximum atomic E-state index is 12.7. The van der Waals surface area contributed by atoms with Crippen LogP contribution in [0, 0.1) is 0 Å². The van der Waals surface area contributed by atoms with Crippen molar-refractivity contribution in [2.75, 3.05) is 7.11 Å². The van der Waals surface area contributed by atoms with Crippen LogP contribution in [0.3, 0.4) is 0 Å². The lowest BCUT2D eigenvalue weighted by molar-refractivity contribution is -0.122. The summed E-state index contributed by atoms with van der Waals surface area (Å²) >= 11 is 5.93. The molecule has 1 heterocycles. The highest BCUT2D eigenvalue weighted by Gasteiger charge is 2.17. The maximum absolute atomic E-state index is 12.7. The van der Waals surface area contributed by atoms with Crippen molar-refractivity contribution in [2.24, 2.45) is 0 Å². The summed E-state index contributed by atoms with van der Waals surface area (Å²) in [6, 6.07) is 11.9. The van der Waals surface area contributed by atoms with E-state index in [1.54, 1.807) is 28.8 Å². The average molecular weight is 417 g/mol. The zero-order valence-electron chi connectivity index (χ0n) is 16.1. The second kappa shape index (κ2) is 8.83. The van der Waals surface area contributed by atoms with E-state index in [-0.39, 0.29) is 17.8 Å². The second-order valence-electron chi connectivity index (χ2n) is 6.36. The van der Waals surface area contributed by atoms with Crippen molar-refractivity contribution in [3.63, 3.8) is 0 Å². The Morgan fingerprint density at radius 3 is 2.41 bits per heavy atom. The van der Waals surface area contributed by atoms with E-state index in [9.17, 15) is 14.4 Å². The highest BCUT2D eigenvalue weighted by atomic mass is 35.5. The smallest absolute Gasteiger partial charge is 0.329 e. The van der Waals surface area contributed by atoms with Crippen LogP contribution < -0.4 is 21.3 Å². The quantitative estimate of drug-likeness (QED) is 0.603. The molecular formula is C20H21ClN4O4. The van der Waals surface area contributed by atoms with Crippen molar-refractivity contribution >= 4 is 34.4 Å². The van der Waals surface area contributed by atoms with Crippen LogP contribution in [0.4, 0.5) is 0 Å². The number of carbonyl (C=O) groups excluding carboxylic acids is 2. The molecule has 0 spiro atoms. The van der Waals surface area contributed by atoms with Crippen LogP contribution in [0.1, 0.15) is 23.7 Å². The van der Waals surface area contributed by atoms with Gasteiger partial charge in [0.2, 0.25) is 0 Å². The maximum Gasteiger partial charge on any atom is 0.329 e. The van der Waals surface area contributed by atoms with Gasteiger partial charge in [0.1, 0.15) is 12.3 Å². The monoisotopic (exact) mass is 416 g/mol. The Bertz CT molecular complexity index is 1120. The number of imidazole rings is 1. The molecule has 8 nitrogen and oxygen atoms in total. The number of methoxy groups -OCH3 is 1. The van der Waals surface area contributed by atoms with Crippen LogP contribution in [0.2, 0.25) is 5.02 Å². The molecule has 0 saturated heterocycles. The van der Waals surface area contributed by atoms with Crippen LogP contribution in [0.5, 0.6) is 5.75 Å². The fourth-order valence-corrected chi connectivity index (χ4v) is 3.27. The molecule has 2 amide bonds.